The van der Waals surface area contributed by atoms with E-state index in [2.05, 4.69) is 4.98 Å². The van der Waals surface area contributed by atoms with Gasteiger partial charge in [0, 0.05) is 45.2 Å². The number of hydrogen-bond acceptors (Lipinski definition) is 5. The highest BCUT2D eigenvalue weighted by atomic mass is 35.5. The van der Waals surface area contributed by atoms with E-state index < -0.39 is 10.0 Å². The maximum atomic E-state index is 13.5. The minimum atomic E-state index is -3.71. The minimum Gasteiger partial charge on any atom is -0.376 e. The summed E-state index contributed by atoms with van der Waals surface area (Å²) in [7, 11) is -3.71. The zero-order valence-corrected chi connectivity index (χ0v) is 19.4. The number of ether oxygens (including phenoxy) is 1. The average Bonchev–Trinajstić information content (AvgIpc) is 3.27. The third-order valence-corrected chi connectivity index (χ3v) is 7.72. The number of amides is 1. The summed E-state index contributed by atoms with van der Waals surface area (Å²) in [5.74, 6) is -0.332. The van der Waals surface area contributed by atoms with Crippen LogP contribution in [-0.2, 0) is 21.3 Å². The third kappa shape index (κ3) is 5.63. The van der Waals surface area contributed by atoms with Crippen molar-refractivity contribution in [2.75, 3.05) is 26.2 Å². The van der Waals surface area contributed by atoms with Gasteiger partial charge in [-0.2, -0.15) is 4.31 Å². The first-order valence-corrected chi connectivity index (χ1v) is 12.3. The number of sulfonamides is 1. The van der Waals surface area contributed by atoms with Gasteiger partial charge in [0.15, 0.2) is 0 Å². The Balaban J connectivity index is 1.94. The predicted octanol–water partition coefficient (Wildman–Crippen LogP) is 3.59. The molecule has 2 heterocycles. The van der Waals surface area contributed by atoms with Crippen LogP contribution < -0.4 is 0 Å². The average molecular weight is 466 g/mol. The fourth-order valence-corrected chi connectivity index (χ4v) is 5.36. The highest BCUT2D eigenvalue weighted by Crippen LogP contribution is 2.26. The van der Waals surface area contributed by atoms with Crippen LogP contribution in [0.25, 0.3) is 0 Å². The topological polar surface area (TPSA) is 79.8 Å². The fraction of sp³-hybridized carbons (Fsp3) is 0.455. The summed E-state index contributed by atoms with van der Waals surface area (Å²) in [6, 6.07) is 8.00. The molecule has 31 heavy (non-hydrogen) atoms. The molecule has 1 fully saturated rings. The van der Waals surface area contributed by atoms with Crippen molar-refractivity contribution >= 4 is 27.5 Å². The van der Waals surface area contributed by atoms with Gasteiger partial charge in [-0.3, -0.25) is 9.78 Å². The maximum Gasteiger partial charge on any atom is 0.255 e. The Morgan fingerprint density at radius 3 is 2.65 bits per heavy atom. The molecule has 1 aliphatic rings. The molecule has 1 unspecified atom stereocenters. The van der Waals surface area contributed by atoms with Crippen LogP contribution in [0.5, 0.6) is 0 Å². The summed E-state index contributed by atoms with van der Waals surface area (Å²) in [6.45, 7) is 5.65. The number of halogens is 1. The third-order valence-electron chi connectivity index (χ3n) is 5.34. The summed E-state index contributed by atoms with van der Waals surface area (Å²) in [6.07, 6.45) is 5.16. The van der Waals surface area contributed by atoms with Crippen LogP contribution in [0, 0.1) is 0 Å². The van der Waals surface area contributed by atoms with Crippen LogP contribution >= 0.6 is 11.6 Å². The molecule has 168 valence electrons. The van der Waals surface area contributed by atoms with Gasteiger partial charge in [-0.05, 0) is 42.7 Å². The Hall–Kier alpha value is -2.00. The zero-order valence-electron chi connectivity index (χ0n) is 17.8. The second-order valence-electron chi connectivity index (χ2n) is 7.41. The second kappa shape index (κ2) is 10.5. The number of nitrogens with zero attached hydrogens (tertiary/aromatic N) is 3. The van der Waals surface area contributed by atoms with Gasteiger partial charge in [0.25, 0.3) is 5.91 Å². The van der Waals surface area contributed by atoms with Gasteiger partial charge < -0.3 is 9.64 Å². The Bertz CT molecular complexity index is 991. The van der Waals surface area contributed by atoms with E-state index in [0.29, 0.717) is 32.8 Å². The van der Waals surface area contributed by atoms with E-state index in [4.69, 9.17) is 16.3 Å². The Morgan fingerprint density at radius 2 is 2.03 bits per heavy atom. The van der Waals surface area contributed by atoms with Crippen LogP contribution in [0.1, 0.15) is 42.6 Å². The van der Waals surface area contributed by atoms with Gasteiger partial charge in [0.05, 0.1) is 21.6 Å². The molecule has 1 atom stereocenters. The number of pyridine rings is 1. The Kier molecular flexibility index (Phi) is 8.05. The highest BCUT2D eigenvalue weighted by molar-refractivity contribution is 7.89. The molecule has 1 amide bonds. The molecule has 9 heteroatoms. The van der Waals surface area contributed by atoms with E-state index in [9.17, 15) is 13.2 Å². The molecule has 0 N–H and O–H groups in total. The number of benzene rings is 1. The van der Waals surface area contributed by atoms with Crippen molar-refractivity contribution in [2.24, 2.45) is 0 Å². The number of aromatic nitrogens is 1. The van der Waals surface area contributed by atoms with E-state index >= 15 is 0 Å². The van der Waals surface area contributed by atoms with Crippen LogP contribution in [0.4, 0.5) is 0 Å². The van der Waals surface area contributed by atoms with Crippen molar-refractivity contribution in [3.8, 4) is 0 Å². The van der Waals surface area contributed by atoms with Gasteiger partial charge in [-0.15, -0.1) is 0 Å². The van der Waals surface area contributed by atoms with Gasteiger partial charge >= 0.3 is 0 Å². The van der Waals surface area contributed by atoms with Crippen molar-refractivity contribution in [1.82, 2.24) is 14.2 Å². The number of hydrogen-bond donors (Lipinski definition) is 0. The lowest BCUT2D eigenvalue weighted by atomic mass is 10.1. The van der Waals surface area contributed by atoms with Gasteiger partial charge in [0.2, 0.25) is 10.0 Å². The van der Waals surface area contributed by atoms with E-state index in [1.54, 1.807) is 31.1 Å². The number of carbonyl (C=O) groups is 1. The monoisotopic (exact) mass is 465 g/mol. The van der Waals surface area contributed by atoms with Crippen molar-refractivity contribution in [3.63, 3.8) is 0 Å². The van der Waals surface area contributed by atoms with Crippen molar-refractivity contribution in [3.05, 3.63) is 58.9 Å². The first kappa shape index (κ1) is 23.7. The molecular formula is C22H28ClN3O4S. The van der Waals surface area contributed by atoms with Crippen molar-refractivity contribution in [1.29, 1.82) is 0 Å². The molecule has 1 aromatic carbocycles. The SMILES string of the molecule is CCN(CC)S(=O)(=O)c1ccc(Cl)c(C(=O)N(Cc2cccnc2)CC2CCCO2)c1. The summed E-state index contributed by atoms with van der Waals surface area (Å²) in [5.41, 5.74) is 1.04. The number of carbonyl (C=O) groups excluding carboxylic acids is 1. The molecule has 1 saturated heterocycles. The second-order valence-corrected chi connectivity index (χ2v) is 9.76. The zero-order chi connectivity index (χ0) is 22.4. The normalized spacial score (nSPS) is 16.6. The molecule has 1 aliphatic heterocycles. The Morgan fingerprint density at radius 1 is 1.26 bits per heavy atom. The molecule has 2 aromatic rings. The molecule has 7 nitrogen and oxygen atoms in total. The lowest BCUT2D eigenvalue weighted by Crippen LogP contribution is -2.37. The molecule has 0 aliphatic carbocycles. The first-order valence-electron chi connectivity index (χ1n) is 10.5. The molecule has 0 saturated carbocycles. The Labute approximate surface area is 189 Å². The van der Waals surface area contributed by atoms with E-state index in [-0.39, 0.29) is 27.5 Å². The number of rotatable bonds is 9. The smallest absolute Gasteiger partial charge is 0.255 e. The van der Waals surface area contributed by atoms with Crippen LogP contribution in [0.15, 0.2) is 47.6 Å². The standard InChI is InChI=1S/C22H28ClN3O4S/c1-3-26(4-2)31(28,29)19-9-10-21(23)20(13-19)22(27)25(16-18-8-6-12-30-18)15-17-7-5-11-24-14-17/h5,7,9-11,13-14,18H,3-4,6,8,12,15-16H2,1-2H3. The summed E-state index contributed by atoms with van der Waals surface area (Å²) in [5, 5.41) is 0.215. The fourth-order valence-electron chi connectivity index (χ4n) is 3.68. The van der Waals surface area contributed by atoms with Crippen molar-refractivity contribution in [2.45, 2.75) is 44.2 Å². The van der Waals surface area contributed by atoms with Gasteiger partial charge in [-0.1, -0.05) is 31.5 Å². The van der Waals surface area contributed by atoms with Crippen LogP contribution in [0.3, 0.4) is 0 Å². The molecule has 3 rings (SSSR count). The molecule has 0 spiro atoms. The molecule has 1 aromatic heterocycles. The van der Waals surface area contributed by atoms with E-state index in [1.807, 2.05) is 12.1 Å². The van der Waals surface area contributed by atoms with Gasteiger partial charge in [-0.25, -0.2) is 8.42 Å². The molecule has 0 bridgehead atoms. The summed E-state index contributed by atoms with van der Waals surface area (Å²) < 4.78 is 33.0. The van der Waals surface area contributed by atoms with Crippen molar-refractivity contribution < 1.29 is 17.9 Å². The van der Waals surface area contributed by atoms with Gasteiger partial charge in [0.1, 0.15) is 0 Å². The molecular weight excluding hydrogens is 438 g/mol. The maximum absolute atomic E-state index is 13.5. The summed E-state index contributed by atoms with van der Waals surface area (Å²) >= 11 is 6.35. The first-order chi connectivity index (χ1) is 14.9. The predicted molar refractivity (Wildman–Crippen MR) is 120 cm³/mol. The quantitative estimate of drug-likeness (QED) is 0.565. The van der Waals surface area contributed by atoms with E-state index in [1.165, 1.54) is 22.5 Å². The lowest BCUT2D eigenvalue weighted by Gasteiger charge is -2.26. The van der Waals surface area contributed by atoms with Crippen LogP contribution in [-0.4, -0.2) is 60.9 Å². The summed E-state index contributed by atoms with van der Waals surface area (Å²) in [4.78, 5) is 19.3. The van der Waals surface area contributed by atoms with E-state index in [0.717, 1.165) is 18.4 Å². The minimum absolute atomic E-state index is 0.0537. The largest absolute Gasteiger partial charge is 0.376 e. The lowest BCUT2D eigenvalue weighted by molar-refractivity contribution is 0.0507. The van der Waals surface area contributed by atoms with Crippen LogP contribution in [0.2, 0.25) is 5.02 Å². The molecule has 0 radical (unpaired) electrons. The highest BCUT2D eigenvalue weighted by Gasteiger charge is 2.28.